The minimum absolute atomic E-state index is 0.0347. The van der Waals surface area contributed by atoms with Gasteiger partial charge in [-0.1, -0.05) is 69.3 Å². The first-order chi connectivity index (χ1) is 19.0. The van der Waals surface area contributed by atoms with Crippen LogP contribution in [0.1, 0.15) is 56.1 Å². The van der Waals surface area contributed by atoms with Gasteiger partial charge in [0, 0.05) is 35.5 Å². The zero-order valence-corrected chi connectivity index (χ0v) is 23.5. The van der Waals surface area contributed by atoms with Crippen molar-refractivity contribution in [3.05, 3.63) is 102 Å². The molecule has 0 spiro atoms. The van der Waals surface area contributed by atoms with Gasteiger partial charge >= 0.3 is 5.97 Å². The van der Waals surface area contributed by atoms with E-state index in [1.165, 1.54) is 0 Å². The lowest BCUT2D eigenvalue weighted by molar-refractivity contribution is -0.139. The molecule has 0 bridgehead atoms. The van der Waals surface area contributed by atoms with Crippen LogP contribution in [0.4, 0.5) is 0 Å². The van der Waals surface area contributed by atoms with Crippen LogP contribution < -0.4 is 10.1 Å². The standard InChI is InChI=1S/C33H35N3O4/c1-21(2)40-28-16-12-23(13-17-28)26-19-34-30(35-20-26)24-8-6-22(7-9-24)18-29(32(38)39)36-31(37)25-10-14-27(15-11-25)33(3,4)5/h6-17,19-21,29H,18H2,1-5H3,(H,36,37)(H,38,39)/t29-/m0/s1. The molecule has 0 aliphatic rings. The normalized spacial score (nSPS) is 12.2. The second-order valence-electron chi connectivity index (χ2n) is 11.1. The summed E-state index contributed by atoms with van der Waals surface area (Å²) in [5.74, 6) is -0.126. The number of nitrogens with zero attached hydrogens (tertiary/aromatic N) is 2. The van der Waals surface area contributed by atoms with Crippen LogP contribution in [0.2, 0.25) is 0 Å². The molecule has 4 rings (SSSR count). The molecule has 7 heteroatoms. The summed E-state index contributed by atoms with van der Waals surface area (Å²) in [6.07, 6.45) is 3.82. The molecule has 1 aromatic heterocycles. The summed E-state index contributed by atoms with van der Waals surface area (Å²) in [4.78, 5) is 33.7. The van der Waals surface area contributed by atoms with Crippen molar-refractivity contribution >= 4 is 11.9 Å². The summed E-state index contributed by atoms with van der Waals surface area (Å²) >= 11 is 0. The first kappa shape index (κ1) is 28.5. The van der Waals surface area contributed by atoms with E-state index >= 15 is 0 Å². The van der Waals surface area contributed by atoms with Crippen LogP contribution >= 0.6 is 0 Å². The molecule has 0 saturated carbocycles. The van der Waals surface area contributed by atoms with E-state index in [1.807, 2.05) is 74.5 Å². The van der Waals surface area contributed by atoms with Crippen LogP contribution in [0.3, 0.4) is 0 Å². The van der Waals surface area contributed by atoms with Crippen LogP contribution in [0, 0.1) is 0 Å². The highest BCUT2D eigenvalue weighted by atomic mass is 16.5. The first-order valence-corrected chi connectivity index (χ1v) is 13.3. The minimum atomic E-state index is -1.09. The Bertz CT molecular complexity index is 1440. The molecule has 1 heterocycles. The Labute approximate surface area is 235 Å². The number of carboxylic acid groups (broad SMARTS) is 1. The topological polar surface area (TPSA) is 101 Å². The molecule has 206 valence electrons. The third-order valence-corrected chi connectivity index (χ3v) is 6.48. The number of hydrogen-bond donors (Lipinski definition) is 2. The van der Waals surface area contributed by atoms with Gasteiger partial charge in [0.25, 0.3) is 5.91 Å². The number of nitrogens with one attached hydrogen (secondary N) is 1. The minimum Gasteiger partial charge on any atom is -0.491 e. The molecule has 7 nitrogen and oxygen atoms in total. The van der Waals surface area contributed by atoms with Crippen LogP contribution in [0.25, 0.3) is 22.5 Å². The largest absolute Gasteiger partial charge is 0.491 e. The lowest BCUT2D eigenvalue weighted by atomic mass is 9.86. The molecule has 1 amide bonds. The van der Waals surface area contributed by atoms with E-state index in [0.29, 0.717) is 11.4 Å². The summed E-state index contributed by atoms with van der Waals surface area (Å²) in [5, 5.41) is 12.4. The van der Waals surface area contributed by atoms with Crippen molar-refractivity contribution in [1.82, 2.24) is 15.3 Å². The van der Waals surface area contributed by atoms with E-state index in [2.05, 4.69) is 36.1 Å². The monoisotopic (exact) mass is 537 g/mol. The number of aromatic nitrogens is 2. The molecule has 0 radical (unpaired) electrons. The Kier molecular flexibility index (Phi) is 8.63. The van der Waals surface area contributed by atoms with Crippen LogP contribution in [0.5, 0.6) is 5.75 Å². The number of ether oxygens (including phenoxy) is 1. The van der Waals surface area contributed by atoms with Crippen molar-refractivity contribution in [1.29, 1.82) is 0 Å². The first-order valence-electron chi connectivity index (χ1n) is 13.3. The maximum atomic E-state index is 12.7. The fraction of sp³-hybridized carbons (Fsp3) is 0.273. The van der Waals surface area contributed by atoms with Crippen LogP contribution in [-0.2, 0) is 16.6 Å². The molecule has 0 aliphatic carbocycles. The van der Waals surface area contributed by atoms with Crippen LogP contribution in [0.15, 0.2) is 85.2 Å². The fourth-order valence-electron chi connectivity index (χ4n) is 4.21. The van der Waals surface area contributed by atoms with Crippen molar-refractivity contribution in [2.75, 3.05) is 0 Å². The molecule has 3 aromatic carbocycles. The number of rotatable bonds is 9. The molecule has 0 aliphatic heterocycles. The van der Waals surface area contributed by atoms with E-state index in [0.717, 1.165) is 33.6 Å². The number of carbonyl (C=O) groups excluding carboxylic acids is 1. The summed E-state index contributed by atoms with van der Waals surface area (Å²) in [7, 11) is 0. The maximum Gasteiger partial charge on any atom is 0.326 e. The number of carboxylic acids is 1. The predicted octanol–water partition coefficient (Wildman–Crippen LogP) is 6.32. The Morgan fingerprint density at radius 3 is 1.93 bits per heavy atom. The van der Waals surface area contributed by atoms with E-state index in [9.17, 15) is 14.7 Å². The van der Waals surface area contributed by atoms with E-state index in [1.54, 1.807) is 24.5 Å². The Morgan fingerprint density at radius 2 is 1.40 bits per heavy atom. The SMILES string of the molecule is CC(C)Oc1ccc(-c2cnc(-c3ccc(C[C@H](NC(=O)c4ccc(C(C)(C)C)cc4)C(=O)O)cc3)nc2)cc1. The Morgan fingerprint density at radius 1 is 0.825 bits per heavy atom. The van der Waals surface area contributed by atoms with Gasteiger partial charge in [-0.2, -0.15) is 0 Å². The second kappa shape index (κ2) is 12.1. The van der Waals surface area contributed by atoms with Gasteiger partial charge in [-0.05, 0) is 60.2 Å². The molecule has 1 atom stereocenters. The zero-order valence-electron chi connectivity index (χ0n) is 23.5. The Hall–Kier alpha value is -4.52. The molecule has 0 fully saturated rings. The zero-order chi connectivity index (χ0) is 28.9. The van der Waals surface area contributed by atoms with Gasteiger partial charge in [-0.15, -0.1) is 0 Å². The van der Waals surface area contributed by atoms with Gasteiger partial charge in [0.15, 0.2) is 5.82 Å². The molecule has 0 unspecified atom stereocenters. The third kappa shape index (κ3) is 7.32. The lowest BCUT2D eigenvalue weighted by Gasteiger charge is -2.19. The smallest absolute Gasteiger partial charge is 0.326 e. The number of hydrogen-bond acceptors (Lipinski definition) is 5. The van der Waals surface area contributed by atoms with E-state index in [4.69, 9.17) is 4.74 Å². The van der Waals surface area contributed by atoms with Gasteiger partial charge in [0.05, 0.1) is 6.10 Å². The summed E-state index contributed by atoms with van der Waals surface area (Å²) in [6.45, 7) is 10.3. The van der Waals surface area contributed by atoms with Gasteiger partial charge in [0.1, 0.15) is 11.8 Å². The number of carbonyl (C=O) groups is 2. The fourth-order valence-corrected chi connectivity index (χ4v) is 4.21. The molecular weight excluding hydrogens is 502 g/mol. The maximum absolute atomic E-state index is 12.7. The molecular formula is C33H35N3O4. The average molecular weight is 538 g/mol. The molecule has 4 aromatic rings. The lowest BCUT2D eigenvalue weighted by Crippen LogP contribution is -2.42. The highest BCUT2D eigenvalue weighted by Crippen LogP contribution is 2.24. The molecule has 0 saturated heterocycles. The van der Waals surface area contributed by atoms with E-state index < -0.39 is 17.9 Å². The van der Waals surface area contributed by atoms with Crippen molar-refractivity contribution < 1.29 is 19.4 Å². The third-order valence-electron chi connectivity index (χ3n) is 6.48. The van der Waals surface area contributed by atoms with Crippen molar-refractivity contribution in [2.45, 2.75) is 58.6 Å². The Balaban J connectivity index is 1.40. The van der Waals surface area contributed by atoms with Gasteiger partial charge in [0.2, 0.25) is 0 Å². The quantitative estimate of drug-likeness (QED) is 0.259. The van der Waals surface area contributed by atoms with Gasteiger partial charge in [-0.25, -0.2) is 14.8 Å². The summed E-state index contributed by atoms with van der Waals surface area (Å²) < 4.78 is 5.70. The van der Waals surface area contributed by atoms with E-state index in [-0.39, 0.29) is 17.9 Å². The van der Waals surface area contributed by atoms with Gasteiger partial charge < -0.3 is 15.2 Å². The number of amides is 1. The summed E-state index contributed by atoms with van der Waals surface area (Å²) in [5.41, 5.74) is 4.96. The predicted molar refractivity (Wildman–Crippen MR) is 156 cm³/mol. The summed E-state index contributed by atoms with van der Waals surface area (Å²) in [6, 6.07) is 21.4. The molecule has 2 N–H and O–H groups in total. The average Bonchev–Trinajstić information content (AvgIpc) is 2.93. The van der Waals surface area contributed by atoms with Crippen molar-refractivity contribution in [2.24, 2.45) is 0 Å². The van der Waals surface area contributed by atoms with Crippen LogP contribution in [-0.4, -0.2) is 39.1 Å². The van der Waals surface area contributed by atoms with Crippen molar-refractivity contribution in [3.63, 3.8) is 0 Å². The number of benzene rings is 3. The van der Waals surface area contributed by atoms with Gasteiger partial charge in [-0.3, -0.25) is 4.79 Å². The highest BCUT2D eigenvalue weighted by molar-refractivity contribution is 5.96. The van der Waals surface area contributed by atoms with Crippen molar-refractivity contribution in [3.8, 4) is 28.3 Å². The number of aliphatic carboxylic acids is 1. The molecule has 40 heavy (non-hydrogen) atoms. The second-order valence-corrected chi connectivity index (χ2v) is 11.1. The highest BCUT2D eigenvalue weighted by Gasteiger charge is 2.22.